The van der Waals surface area contributed by atoms with Crippen molar-refractivity contribution in [3.8, 4) is 0 Å². The summed E-state index contributed by atoms with van der Waals surface area (Å²) in [6, 6.07) is 7.44. The number of nitrogens with one attached hydrogen (secondary N) is 1. The van der Waals surface area contributed by atoms with Crippen LogP contribution in [0.4, 0.5) is 11.4 Å². The molecule has 1 aliphatic carbocycles. The van der Waals surface area contributed by atoms with Crippen LogP contribution in [0.25, 0.3) is 0 Å². The van der Waals surface area contributed by atoms with Gasteiger partial charge < -0.3 is 10.2 Å². The molecular weight excluding hydrogens is 220 g/mol. The maximum absolute atomic E-state index is 3.71. The van der Waals surface area contributed by atoms with Gasteiger partial charge in [0.05, 0.1) is 0 Å². The minimum atomic E-state index is 0.687. The second kappa shape index (κ2) is 6.12. The zero-order valence-electron chi connectivity index (χ0n) is 12.0. The zero-order chi connectivity index (χ0) is 13.0. The summed E-state index contributed by atoms with van der Waals surface area (Å²) < 4.78 is 0. The number of rotatable bonds is 4. The summed E-state index contributed by atoms with van der Waals surface area (Å²) in [4.78, 5) is 2.28. The predicted octanol–water partition coefficient (Wildman–Crippen LogP) is 4.20. The van der Waals surface area contributed by atoms with Crippen molar-refractivity contribution in [1.82, 2.24) is 0 Å². The van der Waals surface area contributed by atoms with Gasteiger partial charge in [-0.2, -0.15) is 0 Å². The third-order valence-electron chi connectivity index (χ3n) is 4.09. The lowest BCUT2D eigenvalue weighted by Gasteiger charge is -2.25. The van der Waals surface area contributed by atoms with Crippen LogP contribution in [0.1, 0.15) is 44.6 Å². The van der Waals surface area contributed by atoms with Gasteiger partial charge >= 0.3 is 0 Å². The molecule has 0 aromatic heterocycles. The number of aryl methyl sites for hydroxylation is 1. The lowest BCUT2D eigenvalue weighted by Crippen LogP contribution is -2.23. The van der Waals surface area contributed by atoms with Crippen molar-refractivity contribution in [3.05, 3.63) is 23.8 Å². The van der Waals surface area contributed by atoms with Crippen molar-refractivity contribution in [2.45, 2.75) is 52.0 Å². The first-order valence-electron chi connectivity index (χ1n) is 7.29. The molecule has 0 radical (unpaired) electrons. The summed E-state index contributed by atoms with van der Waals surface area (Å²) in [5.41, 5.74) is 3.98. The van der Waals surface area contributed by atoms with Gasteiger partial charge in [-0.3, -0.25) is 0 Å². The van der Waals surface area contributed by atoms with E-state index >= 15 is 0 Å². The molecule has 0 spiro atoms. The van der Waals surface area contributed by atoms with Gasteiger partial charge in [-0.15, -0.1) is 0 Å². The molecule has 0 saturated heterocycles. The quantitative estimate of drug-likeness (QED) is 0.856. The lowest BCUT2D eigenvalue weighted by molar-refractivity contribution is 0.462. The molecule has 100 valence electrons. The molecule has 2 heteroatoms. The smallest absolute Gasteiger partial charge is 0.0373 e. The van der Waals surface area contributed by atoms with E-state index in [1.165, 1.54) is 49.0 Å². The third-order valence-corrected chi connectivity index (χ3v) is 4.09. The predicted molar refractivity (Wildman–Crippen MR) is 80.6 cm³/mol. The van der Waals surface area contributed by atoms with Crippen molar-refractivity contribution in [3.63, 3.8) is 0 Å². The molecule has 1 aromatic rings. The molecular formula is C16H26N2. The Hall–Kier alpha value is -1.18. The number of hydrogen-bond acceptors (Lipinski definition) is 2. The average Bonchev–Trinajstić information content (AvgIpc) is 2.41. The van der Waals surface area contributed by atoms with Crippen LogP contribution in [-0.2, 0) is 0 Å². The minimum absolute atomic E-state index is 0.687. The van der Waals surface area contributed by atoms with E-state index in [4.69, 9.17) is 0 Å². The maximum Gasteiger partial charge on any atom is 0.0373 e. The molecule has 0 heterocycles. The highest BCUT2D eigenvalue weighted by atomic mass is 15.1. The first kappa shape index (κ1) is 13.3. The van der Waals surface area contributed by atoms with Crippen LogP contribution < -0.4 is 10.2 Å². The Morgan fingerprint density at radius 3 is 2.56 bits per heavy atom. The van der Waals surface area contributed by atoms with Crippen LogP contribution in [0.5, 0.6) is 0 Å². The Bertz CT molecular complexity index is 381. The summed E-state index contributed by atoms with van der Waals surface area (Å²) in [6.45, 7) is 5.44. The van der Waals surface area contributed by atoms with Crippen LogP contribution in [0.15, 0.2) is 18.2 Å². The zero-order valence-corrected chi connectivity index (χ0v) is 12.0. The van der Waals surface area contributed by atoms with Gasteiger partial charge in [0.15, 0.2) is 0 Å². The maximum atomic E-state index is 3.71. The highest BCUT2D eigenvalue weighted by Gasteiger charge is 2.13. The van der Waals surface area contributed by atoms with Gasteiger partial charge in [-0.05, 0) is 50.5 Å². The molecule has 1 aliphatic rings. The van der Waals surface area contributed by atoms with E-state index < -0.39 is 0 Å². The first-order valence-corrected chi connectivity index (χ1v) is 7.29. The van der Waals surface area contributed by atoms with Gasteiger partial charge in [0.2, 0.25) is 0 Å². The number of nitrogens with zero attached hydrogens (tertiary/aromatic N) is 1. The van der Waals surface area contributed by atoms with Crippen molar-refractivity contribution < 1.29 is 0 Å². The van der Waals surface area contributed by atoms with E-state index in [0.29, 0.717) is 6.04 Å². The van der Waals surface area contributed by atoms with E-state index in [0.717, 1.165) is 6.54 Å². The molecule has 0 amide bonds. The van der Waals surface area contributed by atoms with Crippen molar-refractivity contribution >= 4 is 11.4 Å². The summed E-state index contributed by atoms with van der Waals surface area (Å²) in [5.74, 6) is 0. The molecule has 0 bridgehead atoms. The number of hydrogen-bond donors (Lipinski definition) is 1. The van der Waals surface area contributed by atoms with Crippen LogP contribution in [0.2, 0.25) is 0 Å². The largest absolute Gasteiger partial charge is 0.382 e. The SMILES string of the molecule is CCN(C)c1ccc(NC2CCCCC2)c(C)c1. The lowest BCUT2D eigenvalue weighted by atomic mass is 9.95. The highest BCUT2D eigenvalue weighted by molar-refractivity contribution is 5.60. The fraction of sp³-hybridized carbons (Fsp3) is 0.625. The Balaban J connectivity index is 2.04. The van der Waals surface area contributed by atoms with Crippen molar-refractivity contribution in [2.75, 3.05) is 23.8 Å². The molecule has 1 saturated carbocycles. The van der Waals surface area contributed by atoms with Crippen molar-refractivity contribution in [2.24, 2.45) is 0 Å². The molecule has 1 aromatic carbocycles. The van der Waals surface area contributed by atoms with Gasteiger partial charge in [0, 0.05) is 31.0 Å². The number of anilines is 2. The summed E-state index contributed by atoms with van der Waals surface area (Å²) in [7, 11) is 2.14. The van der Waals surface area contributed by atoms with E-state index in [2.05, 4.69) is 49.3 Å². The second-order valence-corrected chi connectivity index (χ2v) is 5.49. The first-order chi connectivity index (χ1) is 8.70. The molecule has 2 nitrogen and oxygen atoms in total. The minimum Gasteiger partial charge on any atom is -0.382 e. The van der Waals surface area contributed by atoms with Gasteiger partial charge in [-0.25, -0.2) is 0 Å². The van der Waals surface area contributed by atoms with Crippen LogP contribution in [0.3, 0.4) is 0 Å². The number of benzene rings is 1. The topological polar surface area (TPSA) is 15.3 Å². The normalized spacial score (nSPS) is 16.6. The Morgan fingerprint density at radius 2 is 1.94 bits per heavy atom. The van der Waals surface area contributed by atoms with Crippen LogP contribution >= 0.6 is 0 Å². The van der Waals surface area contributed by atoms with Gasteiger partial charge in [0.25, 0.3) is 0 Å². The van der Waals surface area contributed by atoms with E-state index in [1.54, 1.807) is 0 Å². The van der Waals surface area contributed by atoms with Gasteiger partial charge in [0.1, 0.15) is 0 Å². The molecule has 0 aliphatic heterocycles. The van der Waals surface area contributed by atoms with E-state index in [9.17, 15) is 0 Å². The molecule has 1 fully saturated rings. The summed E-state index contributed by atoms with van der Waals surface area (Å²) >= 11 is 0. The molecule has 1 N–H and O–H groups in total. The van der Waals surface area contributed by atoms with Crippen LogP contribution in [-0.4, -0.2) is 19.6 Å². The second-order valence-electron chi connectivity index (χ2n) is 5.49. The molecule has 0 unspecified atom stereocenters. The Kier molecular flexibility index (Phi) is 4.51. The standard InChI is InChI=1S/C16H26N2/c1-4-18(3)15-10-11-16(13(2)12-15)17-14-8-6-5-7-9-14/h10-12,14,17H,4-9H2,1-3H3. The Morgan fingerprint density at radius 1 is 1.22 bits per heavy atom. The Labute approximate surface area is 111 Å². The highest BCUT2D eigenvalue weighted by Crippen LogP contribution is 2.26. The average molecular weight is 246 g/mol. The van der Waals surface area contributed by atoms with E-state index in [-0.39, 0.29) is 0 Å². The molecule has 2 rings (SSSR count). The fourth-order valence-corrected chi connectivity index (χ4v) is 2.70. The van der Waals surface area contributed by atoms with Crippen LogP contribution in [0, 0.1) is 6.92 Å². The van der Waals surface area contributed by atoms with Gasteiger partial charge in [-0.1, -0.05) is 19.3 Å². The molecule has 0 atom stereocenters. The fourth-order valence-electron chi connectivity index (χ4n) is 2.70. The monoisotopic (exact) mass is 246 g/mol. The third kappa shape index (κ3) is 3.18. The van der Waals surface area contributed by atoms with Crippen molar-refractivity contribution in [1.29, 1.82) is 0 Å². The molecule has 18 heavy (non-hydrogen) atoms. The summed E-state index contributed by atoms with van der Waals surface area (Å²) in [6.07, 6.45) is 6.84. The van der Waals surface area contributed by atoms with E-state index in [1.807, 2.05) is 0 Å². The summed E-state index contributed by atoms with van der Waals surface area (Å²) in [5, 5.41) is 3.71.